The minimum absolute atomic E-state index is 0. The molecule has 2 aliphatic rings. The maximum absolute atomic E-state index is 11.9. The molecule has 0 radical (unpaired) electrons. The number of nitrogens with one attached hydrogen (secondary N) is 2. The molecule has 2 saturated heterocycles. The molecule has 0 aliphatic carbocycles. The first-order valence-electron chi connectivity index (χ1n) is 8.76. The predicted molar refractivity (Wildman–Crippen MR) is 108 cm³/mol. The average molecular weight is 452 g/mol. The van der Waals surface area contributed by atoms with Gasteiger partial charge in [-0.1, -0.05) is 20.8 Å². The monoisotopic (exact) mass is 452 g/mol. The second-order valence-corrected chi connectivity index (χ2v) is 7.72. The molecule has 2 heterocycles. The van der Waals surface area contributed by atoms with Gasteiger partial charge in [0.05, 0.1) is 13.2 Å². The van der Waals surface area contributed by atoms with Crippen LogP contribution < -0.4 is 10.6 Å². The van der Waals surface area contributed by atoms with Crippen LogP contribution in [0.25, 0.3) is 0 Å². The molecule has 24 heavy (non-hydrogen) atoms. The van der Waals surface area contributed by atoms with Crippen molar-refractivity contribution in [3.8, 4) is 0 Å². The van der Waals surface area contributed by atoms with Crippen LogP contribution >= 0.6 is 24.0 Å². The molecule has 7 heteroatoms. The number of ether oxygens (including phenoxy) is 1. The summed E-state index contributed by atoms with van der Waals surface area (Å²) in [5, 5.41) is 6.32. The van der Waals surface area contributed by atoms with Crippen LogP contribution in [-0.4, -0.2) is 62.7 Å². The third-order valence-corrected chi connectivity index (χ3v) is 4.60. The second-order valence-electron chi connectivity index (χ2n) is 7.72. The molecule has 0 aromatic carbocycles. The number of amides is 1. The third-order valence-electron chi connectivity index (χ3n) is 4.60. The standard InChI is InChI=1S/C17H32N4O2.HI/c1-5-18-15(20-9-8-19-14(22)16(2,3)4)21-10-6-17(12-21)7-11-23-13-17;/h5-13H2,1-4H3,(H,18,20)(H,19,22);1H. The number of hydrogen-bond acceptors (Lipinski definition) is 3. The van der Waals surface area contributed by atoms with Crippen LogP contribution in [-0.2, 0) is 9.53 Å². The molecule has 1 atom stereocenters. The van der Waals surface area contributed by atoms with E-state index in [2.05, 4.69) is 27.4 Å². The molecular weight excluding hydrogens is 419 g/mol. The first-order valence-corrected chi connectivity index (χ1v) is 8.76. The highest BCUT2D eigenvalue weighted by Crippen LogP contribution is 2.38. The van der Waals surface area contributed by atoms with Crippen molar-refractivity contribution < 1.29 is 9.53 Å². The van der Waals surface area contributed by atoms with E-state index in [1.165, 1.54) is 6.42 Å². The van der Waals surface area contributed by atoms with Gasteiger partial charge in [-0.05, 0) is 19.8 Å². The first kappa shape index (κ1) is 21.5. The van der Waals surface area contributed by atoms with Crippen LogP contribution in [0.3, 0.4) is 0 Å². The number of nitrogens with zero attached hydrogens (tertiary/aromatic N) is 2. The summed E-state index contributed by atoms with van der Waals surface area (Å²) < 4.78 is 5.59. The Hall–Kier alpha value is -0.570. The summed E-state index contributed by atoms with van der Waals surface area (Å²) in [6.07, 6.45) is 2.34. The molecule has 0 bridgehead atoms. The van der Waals surface area contributed by atoms with Crippen molar-refractivity contribution in [2.75, 3.05) is 45.9 Å². The summed E-state index contributed by atoms with van der Waals surface area (Å²) in [5.41, 5.74) is -0.0192. The normalized spacial score (nSPS) is 24.2. The van der Waals surface area contributed by atoms with Gasteiger partial charge in [0.15, 0.2) is 5.96 Å². The number of guanidine groups is 1. The fraction of sp³-hybridized carbons (Fsp3) is 0.882. The average Bonchev–Trinajstić information content (AvgIpc) is 3.12. The van der Waals surface area contributed by atoms with E-state index in [-0.39, 0.29) is 35.3 Å². The van der Waals surface area contributed by atoms with Gasteiger partial charge in [-0.25, -0.2) is 0 Å². The maximum Gasteiger partial charge on any atom is 0.225 e. The van der Waals surface area contributed by atoms with Crippen LogP contribution in [0.15, 0.2) is 4.99 Å². The van der Waals surface area contributed by atoms with Crippen LogP contribution in [0.1, 0.15) is 40.5 Å². The molecule has 0 saturated carbocycles. The molecular formula is C17H33IN4O2. The number of rotatable bonds is 4. The predicted octanol–water partition coefficient (Wildman–Crippen LogP) is 1.84. The van der Waals surface area contributed by atoms with Crippen molar-refractivity contribution in [1.29, 1.82) is 0 Å². The van der Waals surface area contributed by atoms with E-state index in [9.17, 15) is 4.79 Å². The zero-order chi connectivity index (χ0) is 16.9. The Balaban J connectivity index is 0.00000288. The van der Waals surface area contributed by atoms with Crippen LogP contribution in [0.2, 0.25) is 0 Å². The highest BCUT2D eigenvalue weighted by molar-refractivity contribution is 14.0. The third kappa shape index (κ3) is 5.75. The summed E-state index contributed by atoms with van der Waals surface area (Å²) in [6.45, 7) is 13.7. The van der Waals surface area contributed by atoms with E-state index in [0.717, 1.165) is 45.2 Å². The Morgan fingerprint density at radius 3 is 2.62 bits per heavy atom. The lowest BCUT2D eigenvalue weighted by Gasteiger charge is -2.25. The zero-order valence-corrected chi connectivity index (χ0v) is 17.8. The largest absolute Gasteiger partial charge is 0.381 e. The zero-order valence-electron chi connectivity index (χ0n) is 15.5. The summed E-state index contributed by atoms with van der Waals surface area (Å²) in [6, 6.07) is 0. The Kier molecular flexibility index (Phi) is 8.25. The van der Waals surface area contributed by atoms with Crippen molar-refractivity contribution in [2.24, 2.45) is 15.8 Å². The maximum atomic E-state index is 11.9. The highest BCUT2D eigenvalue weighted by Gasteiger charge is 2.42. The van der Waals surface area contributed by atoms with Crippen molar-refractivity contribution in [3.05, 3.63) is 0 Å². The first-order chi connectivity index (χ1) is 10.9. The Bertz CT molecular complexity index is 442. The number of hydrogen-bond donors (Lipinski definition) is 2. The Morgan fingerprint density at radius 1 is 1.29 bits per heavy atom. The van der Waals surface area contributed by atoms with Crippen molar-refractivity contribution in [3.63, 3.8) is 0 Å². The molecule has 2 N–H and O–H groups in total. The quantitative estimate of drug-likeness (QED) is 0.296. The summed E-state index contributed by atoms with van der Waals surface area (Å²) in [4.78, 5) is 18.9. The number of likely N-dealkylation sites (tertiary alicyclic amines) is 1. The van der Waals surface area contributed by atoms with Crippen LogP contribution in [0.5, 0.6) is 0 Å². The minimum atomic E-state index is -0.349. The fourth-order valence-corrected chi connectivity index (χ4v) is 3.11. The van der Waals surface area contributed by atoms with E-state index < -0.39 is 0 Å². The summed E-state index contributed by atoms with van der Waals surface area (Å²) in [5.74, 6) is 1.03. The van der Waals surface area contributed by atoms with E-state index in [0.29, 0.717) is 18.5 Å². The van der Waals surface area contributed by atoms with Gasteiger partial charge in [-0.15, -0.1) is 24.0 Å². The molecule has 1 unspecified atom stereocenters. The second kappa shape index (κ2) is 9.22. The topological polar surface area (TPSA) is 66.0 Å². The molecule has 2 rings (SSSR count). The fourth-order valence-electron chi connectivity index (χ4n) is 3.11. The summed E-state index contributed by atoms with van der Waals surface area (Å²) in [7, 11) is 0. The van der Waals surface area contributed by atoms with E-state index in [4.69, 9.17) is 4.74 Å². The SMILES string of the molecule is CCNC(=NCCNC(=O)C(C)(C)C)N1CCC2(CCOC2)C1.I. The Morgan fingerprint density at radius 2 is 2.04 bits per heavy atom. The van der Waals surface area contributed by atoms with Gasteiger partial charge in [0.1, 0.15) is 0 Å². The molecule has 2 aliphatic heterocycles. The van der Waals surface area contributed by atoms with Gasteiger partial charge in [-0.2, -0.15) is 0 Å². The number of aliphatic imine (C=N–C) groups is 1. The van der Waals surface area contributed by atoms with E-state index in [1.54, 1.807) is 0 Å². The van der Waals surface area contributed by atoms with Crippen molar-refractivity contribution in [2.45, 2.75) is 40.5 Å². The number of halogens is 1. The van der Waals surface area contributed by atoms with Gasteiger partial charge in [0.2, 0.25) is 5.91 Å². The van der Waals surface area contributed by atoms with Gasteiger partial charge in [0.25, 0.3) is 0 Å². The van der Waals surface area contributed by atoms with Gasteiger partial charge in [0, 0.05) is 43.6 Å². The van der Waals surface area contributed by atoms with Crippen molar-refractivity contribution >= 4 is 35.8 Å². The molecule has 1 spiro atoms. The van der Waals surface area contributed by atoms with E-state index in [1.807, 2.05) is 20.8 Å². The van der Waals surface area contributed by atoms with Crippen LogP contribution in [0.4, 0.5) is 0 Å². The minimum Gasteiger partial charge on any atom is -0.381 e. The van der Waals surface area contributed by atoms with Gasteiger partial charge >= 0.3 is 0 Å². The molecule has 0 aromatic rings. The summed E-state index contributed by atoms with van der Waals surface area (Å²) >= 11 is 0. The van der Waals surface area contributed by atoms with Crippen molar-refractivity contribution in [1.82, 2.24) is 15.5 Å². The van der Waals surface area contributed by atoms with Gasteiger partial charge < -0.3 is 20.3 Å². The number of carbonyl (C=O) groups is 1. The van der Waals surface area contributed by atoms with Gasteiger partial charge in [-0.3, -0.25) is 9.79 Å². The smallest absolute Gasteiger partial charge is 0.225 e. The van der Waals surface area contributed by atoms with Crippen LogP contribution in [0, 0.1) is 10.8 Å². The Labute approximate surface area is 163 Å². The molecule has 2 fully saturated rings. The molecule has 140 valence electrons. The highest BCUT2D eigenvalue weighted by atomic mass is 127. The lowest BCUT2D eigenvalue weighted by molar-refractivity contribution is -0.128. The number of carbonyl (C=O) groups excluding carboxylic acids is 1. The molecule has 0 aromatic heterocycles. The molecule has 6 nitrogen and oxygen atoms in total. The lowest BCUT2D eigenvalue weighted by atomic mass is 9.87. The lowest BCUT2D eigenvalue weighted by Crippen LogP contribution is -2.42. The van der Waals surface area contributed by atoms with E-state index >= 15 is 0 Å². The molecule has 1 amide bonds.